The molecule has 0 N–H and O–H groups in total. The van der Waals surface area contributed by atoms with Gasteiger partial charge in [-0.3, -0.25) is 9.59 Å². The average Bonchev–Trinajstić information content (AvgIpc) is 3.30. The highest BCUT2D eigenvalue weighted by atomic mass is 32.2. The minimum Gasteiger partial charge on any atom is -0.342 e. The van der Waals surface area contributed by atoms with E-state index in [9.17, 15) is 18.0 Å². The van der Waals surface area contributed by atoms with Crippen molar-refractivity contribution < 1.29 is 13.2 Å². The number of sulfonamides is 1. The Balaban J connectivity index is 1.50. The Labute approximate surface area is 162 Å². The number of hydrogen-bond acceptors (Lipinski definition) is 5. The monoisotopic (exact) mass is 409 g/mol. The molecule has 0 radical (unpaired) electrons. The fourth-order valence-corrected chi connectivity index (χ4v) is 6.45. The zero-order valence-electron chi connectivity index (χ0n) is 15.3. The topological polar surface area (TPSA) is 79.7 Å². The van der Waals surface area contributed by atoms with Crippen molar-refractivity contribution in [3.63, 3.8) is 0 Å². The molecule has 4 rings (SSSR count). The minimum absolute atomic E-state index is 0.0728. The van der Waals surface area contributed by atoms with Crippen molar-refractivity contribution in [2.24, 2.45) is 13.0 Å². The summed E-state index contributed by atoms with van der Waals surface area (Å²) in [6.45, 7) is 2.37. The number of rotatable bonds is 3. The molecular weight excluding hydrogens is 386 g/mol. The molecule has 9 heteroatoms. The summed E-state index contributed by atoms with van der Waals surface area (Å²) in [6, 6.07) is 4.83. The molecule has 3 heterocycles. The summed E-state index contributed by atoms with van der Waals surface area (Å²) in [6.07, 6.45) is 3.25. The molecular formula is C18H23N3O4S2. The van der Waals surface area contributed by atoms with E-state index in [1.54, 1.807) is 25.2 Å². The number of piperidine rings is 1. The first kappa shape index (κ1) is 18.6. The van der Waals surface area contributed by atoms with E-state index >= 15 is 0 Å². The van der Waals surface area contributed by atoms with Crippen molar-refractivity contribution in [1.82, 2.24) is 13.8 Å². The third kappa shape index (κ3) is 3.32. The van der Waals surface area contributed by atoms with Crippen molar-refractivity contribution in [3.8, 4) is 0 Å². The second-order valence-electron chi connectivity index (χ2n) is 7.27. The predicted molar refractivity (Wildman–Crippen MR) is 104 cm³/mol. The van der Waals surface area contributed by atoms with Gasteiger partial charge in [-0.05, 0) is 43.9 Å². The Hall–Kier alpha value is -1.71. The van der Waals surface area contributed by atoms with Gasteiger partial charge < -0.3 is 9.47 Å². The van der Waals surface area contributed by atoms with E-state index in [2.05, 4.69) is 0 Å². The van der Waals surface area contributed by atoms with Gasteiger partial charge in [0, 0.05) is 39.1 Å². The van der Waals surface area contributed by atoms with E-state index < -0.39 is 10.0 Å². The Morgan fingerprint density at radius 1 is 1.11 bits per heavy atom. The average molecular weight is 410 g/mol. The molecule has 2 aliphatic rings. The second-order valence-corrected chi connectivity index (χ2v) is 10.2. The van der Waals surface area contributed by atoms with E-state index in [1.165, 1.54) is 8.87 Å². The molecule has 1 aromatic heterocycles. The summed E-state index contributed by atoms with van der Waals surface area (Å²) >= 11 is 1.05. The van der Waals surface area contributed by atoms with E-state index in [0.29, 0.717) is 30.6 Å². The molecule has 1 amide bonds. The Kier molecular flexibility index (Phi) is 4.85. The van der Waals surface area contributed by atoms with Crippen molar-refractivity contribution >= 4 is 37.5 Å². The second kappa shape index (κ2) is 7.03. The molecule has 2 aromatic rings. The van der Waals surface area contributed by atoms with Crippen LogP contribution >= 0.6 is 11.3 Å². The molecule has 2 fully saturated rings. The highest BCUT2D eigenvalue weighted by molar-refractivity contribution is 7.89. The number of hydrogen-bond donors (Lipinski definition) is 0. The molecule has 146 valence electrons. The van der Waals surface area contributed by atoms with E-state index in [0.717, 1.165) is 42.8 Å². The molecule has 27 heavy (non-hydrogen) atoms. The standard InChI is InChI=1S/C18H23N3O4S2/c1-19-15-5-4-14(12-16(15)26-18(19)23)27(24,25)21-10-6-13(7-11-21)17(22)20-8-2-3-9-20/h4-5,12-13H,2-3,6-11H2,1H3. The smallest absolute Gasteiger partial charge is 0.307 e. The molecule has 0 bridgehead atoms. The number of carbonyl (C=O) groups excluding carboxylic acids is 1. The molecule has 0 spiro atoms. The lowest BCUT2D eigenvalue weighted by molar-refractivity contribution is -0.135. The van der Waals surface area contributed by atoms with Crippen LogP contribution in [0.25, 0.3) is 10.2 Å². The van der Waals surface area contributed by atoms with Crippen LogP contribution in [0.1, 0.15) is 25.7 Å². The lowest BCUT2D eigenvalue weighted by Crippen LogP contribution is -2.43. The van der Waals surface area contributed by atoms with Crippen LogP contribution in [-0.2, 0) is 21.9 Å². The number of amides is 1. The van der Waals surface area contributed by atoms with Gasteiger partial charge in [-0.25, -0.2) is 8.42 Å². The van der Waals surface area contributed by atoms with Crippen LogP contribution in [0, 0.1) is 5.92 Å². The van der Waals surface area contributed by atoms with Crippen LogP contribution in [0.5, 0.6) is 0 Å². The van der Waals surface area contributed by atoms with E-state index in [-0.39, 0.29) is 21.6 Å². The van der Waals surface area contributed by atoms with Gasteiger partial charge >= 0.3 is 4.87 Å². The van der Waals surface area contributed by atoms with Gasteiger partial charge in [0.15, 0.2) is 0 Å². The number of carbonyl (C=O) groups is 1. The fraction of sp³-hybridized carbons (Fsp3) is 0.556. The molecule has 0 atom stereocenters. The largest absolute Gasteiger partial charge is 0.342 e. The van der Waals surface area contributed by atoms with Gasteiger partial charge in [0.2, 0.25) is 15.9 Å². The van der Waals surface area contributed by atoms with Gasteiger partial charge in [-0.1, -0.05) is 11.3 Å². The summed E-state index contributed by atoms with van der Waals surface area (Å²) in [7, 11) is -1.94. The SMILES string of the molecule is Cn1c(=O)sc2cc(S(=O)(=O)N3CCC(C(=O)N4CCCC4)CC3)ccc21. The number of likely N-dealkylation sites (tertiary alicyclic amines) is 1. The molecule has 2 saturated heterocycles. The number of aryl methyl sites for hydroxylation is 1. The van der Waals surface area contributed by atoms with Crippen LogP contribution < -0.4 is 4.87 Å². The lowest BCUT2D eigenvalue weighted by Gasteiger charge is -2.32. The Bertz CT molecular complexity index is 1030. The van der Waals surface area contributed by atoms with Crippen molar-refractivity contribution in [2.75, 3.05) is 26.2 Å². The third-order valence-corrected chi connectivity index (χ3v) is 8.51. The number of aromatic nitrogens is 1. The zero-order valence-corrected chi connectivity index (χ0v) is 16.9. The third-order valence-electron chi connectivity index (χ3n) is 5.62. The van der Waals surface area contributed by atoms with Crippen molar-refractivity contribution in [3.05, 3.63) is 27.9 Å². The summed E-state index contributed by atoms with van der Waals surface area (Å²) in [4.78, 5) is 26.3. The van der Waals surface area contributed by atoms with E-state index in [4.69, 9.17) is 0 Å². The molecule has 0 saturated carbocycles. The predicted octanol–water partition coefficient (Wildman–Crippen LogP) is 1.62. The molecule has 7 nitrogen and oxygen atoms in total. The normalized spacial score (nSPS) is 19.8. The first-order valence-corrected chi connectivity index (χ1v) is 11.5. The van der Waals surface area contributed by atoms with Gasteiger partial charge in [0.25, 0.3) is 0 Å². The van der Waals surface area contributed by atoms with Gasteiger partial charge in [-0.15, -0.1) is 0 Å². The first-order valence-electron chi connectivity index (χ1n) is 9.26. The van der Waals surface area contributed by atoms with Crippen LogP contribution in [-0.4, -0.2) is 54.3 Å². The number of nitrogens with zero attached hydrogens (tertiary/aromatic N) is 3. The maximum Gasteiger partial charge on any atom is 0.307 e. The van der Waals surface area contributed by atoms with Gasteiger partial charge in [-0.2, -0.15) is 4.31 Å². The van der Waals surface area contributed by atoms with E-state index in [1.807, 2.05) is 4.90 Å². The summed E-state index contributed by atoms with van der Waals surface area (Å²) in [5, 5.41) is 0. The fourth-order valence-electron chi connectivity index (χ4n) is 3.96. The van der Waals surface area contributed by atoms with Gasteiger partial charge in [0.05, 0.1) is 15.1 Å². The molecule has 0 unspecified atom stereocenters. The van der Waals surface area contributed by atoms with Crippen LogP contribution in [0.2, 0.25) is 0 Å². The van der Waals surface area contributed by atoms with Crippen LogP contribution in [0.3, 0.4) is 0 Å². The van der Waals surface area contributed by atoms with Crippen LogP contribution in [0.4, 0.5) is 0 Å². The quantitative estimate of drug-likeness (QED) is 0.772. The van der Waals surface area contributed by atoms with Gasteiger partial charge in [0.1, 0.15) is 0 Å². The number of fused-ring (bicyclic) bond motifs is 1. The highest BCUT2D eigenvalue weighted by Gasteiger charge is 2.34. The molecule has 1 aromatic carbocycles. The minimum atomic E-state index is -3.62. The Morgan fingerprint density at radius 2 is 1.78 bits per heavy atom. The summed E-state index contributed by atoms with van der Waals surface area (Å²) in [5.74, 6) is 0.108. The number of thiazole rings is 1. The maximum atomic E-state index is 13.0. The summed E-state index contributed by atoms with van der Waals surface area (Å²) in [5.41, 5.74) is 0.735. The summed E-state index contributed by atoms with van der Waals surface area (Å²) < 4.78 is 29.7. The Morgan fingerprint density at radius 3 is 2.44 bits per heavy atom. The van der Waals surface area contributed by atoms with Crippen molar-refractivity contribution in [1.29, 1.82) is 0 Å². The highest BCUT2D eigenvalue weighted by Crippen LogP contribution is 2.28. The lowest BCUT2D eigenvalue weighted by atomic mass is 9.97. The molecule has 2 aliphatic heterocycles. The number of benzene rings is 1. The van der Waals surface area contributed by atoms with Crippen molar-refractivity contribution in [2.45, 2.75) is 30.6 Å². The first-order chi connectivity index (χ1) is 12.9. The zero-order chi connectivity index (χ0) is 19.2. The molecule has 0 aliphatic carbocycles. The van der Waals surface area contributed by atoms with Crippen LogP contribution in [0.15, 0.2) is 27.9 Å². The maximum absolute atomic E-state index is 13.0.